The predicted molar refractivity (Wildman–Crippen MR) is 196 cm³/mol. The fraction of sp³-hybridized carbons (Fsp3) is 0. The molecular formula is C44H27NO2. The van der Waals surface area contributed by atoms with E-state index >= 15 is 0 Å². The third kappa shape index (κ3) is 4.07. The quantitative estimate of drug-likeness (QED) is 0.201. The van der Waals surface area contributed by atoms with Gasteiger partial charge in [0.2, 0.25) is 0 Å². The summed E-state index contributed by atoms with van der Waals surface area (Å²) in [5.41, 5.74) is 9.16. The van der Waals surface area contributed by atoms with E-state index < -0.39 is 0 Å². The lowest BCUT2D eigenvalue weighted by Gasteiger charge is -2.26. The molecule has 0 aliphatic rings. The number of rotatable bonds is 4. The van der Waals surface area contributed by atoms with Gasteiger partial charge in [0, 0.05) is 44.0 Å². The van der Waals surface area contributed by atoms with Gasteiger partial charge in [-0.15, -0.1) is 0 Å². The van der Waals surface area contributed by atoms with Crippen molar-refractivity contribution in [2.45, 2.75) is 0 Å². The van der Waals surface area contributed by atoms with Crippen molar-refractivity contribution >= 4 is 82.5 Å². The van der Waals surface area contributed by atoms with Crippen molar-refractivity contribution in [2.75, 3.05) is 4.90 Å². The average molecular weight is 602 g/mol. The van der Waals surface area contributed by atoms with E-state index in [1.54, 1.807) is 0 Å². The first-order chi connectivity index (χ1) is 23.3. The first-order valence-electron chi connectivity index (χ1n) is 15.9. The zero-order chi connectivity index (χ0) is 30.9. The van der Waals surface area contributed by atoms with Crippen molar-refractivity contribution in [2.24, 2.45) is 0 Å². The van der Waals surface area contributed by atoms with Crippen LogP contribution in [0.2, 0.25) is 0 Å². The van der Waals surface area contributed by atoms with Crippen LogP contribution in [-0.2, 0) is 0 Å². The smallest absolute Gasteiger partial charge is 0.143 e. The zero-order valence-electron chi connectivity index (χ0n) is 25.4. The number of furan rings is 2. The van der Waals surface area contributed by atoms with E-state index in [-0.39, 0.29) is 0 Å². The summed E-state index contributed by atoms with van der Waals surface area (Å²) in [5.74, 6) is 0. The maximum Gasteiger partial charge on any atom is 0.143 e. The van der Waals surface area contributed by atoms with Gasteiger partial charge in [0.15, 0.2) is 0 Å². The Balaban J connectivity index is 1.17. The number of nitrogens with zero attached hydrogens (tertiary/aromatic N) is 1. The molecule has 220 valence electrons. The van der Waals surface area contributed by atoms with Gasteiger partial charge in [-0.2, -0.15) is 0 Å². The van der Waals surface area contributed by atoms with Crippen molar-refractivity contribution in [1.29, 1.82) is 0 Å². The molecule has 0 saturated heterocycles. The lowest BCUT2D eigenvalue weighted by Crippen LogP contribution is -2.09. The van der Waals surface area contributed by atoms with E-state index in [1.165, 1.54) is 27.3 Å². The maximum absolute atomic E-state index is 6.48. The Hall–Kier alpha value is -6.32. The molecule has 2 heterocycles. The summed E-state index contributed by atoms with van der Waals surface area (Å²) in [5, 5.41) is 9.20. The first-order valence-corrected chi connectivity index (χ1v) is 15.9. The standard InChI is InChI=1S/C44H27NO2/c1-3-11-34-28(8-1)10-7-14-35(34)30-16-19-31(20-17-30)45(32-21-24-42-39(26-32)37-13-5-6-15-41(37)46-42)33-22-25-43-40(27-33)38-23-18-29-9-2-4-12-36(29)44(38)47-43/h1-27H. The van der Waals surface area contributed by atoms with Gasteiger partial charge >= 0.3 is 0 Å². The highest BCUT2D eigenvalue weighted by molar-refractivity contribution is 6.16. The molecule has 10 aromatic rings. The second kappa shape index (κ2) is 10.1. The van der Waals surface area contributed by atoms with Crippen molar-refractivity contribution in [1.82, 2.24) is 0 Å². The molecule has 0 amide bonds. The summed E-state index contributed by atoms with van der Waals surface area (Å²) in [6, 6.07) is 58.0. The van der Waals surface area contributed by atoms with E-state index in [1.807, 2.05) is 12.1 Å². The molecule has 0 aliphatic heterocycles. The molecule has 0 aliphatic carbocycles. The van der Waals surface area contributed by atoms with Gasteiger partial charge in [0.1, 0.15) is 22.3 Å². The molecule has 3 heteroatoms. The molecule has 8 aromatic carbocycles. The van der Waals surface area contributed by atoms with E-state index in [2.05, 4.69) is 157 Å². The number of para-hydroxylation sites is 1. The SMILES string of the molecule is c1ccc2c(-c3ccc(N(c4ccc5oc6ccccc6c5c4)c4ccc5oc6c7ccccc7ccc6c5c4)cc3)cccc2c1. The van der Waals surface area contributed by atoms with Crippen molar-refractivity contribution in [3.05, 3.63) is 164 Å². The van der Waals surface area contributed by atoms with Crippen LogP contribution >= 0.6 is 0 Å². The molecule has 0 atom stereocenters. The second-order valence-electron chi connectivity index (χ2n) is 12.1. The molecule has 0 unspecified atom stereocenters. The van der Waals surface area contributed by atoms with Crippen LogP contribution in [0.25, 0.3) is 76.5 Å². The molecule has 47 heavy (non-hydrogen) atoms. The Morgan fingerprint density at radius 3 is 1.70 bits per heavy atom. The predicted octanol–water partition coefficient (Wildman–Crippen LogP) is 12.9. The monoisotopic (exact) mass is 601 g/mol. The minimum atomic E-state index is 0.877. The topological polar surface area (TPSA) is 29.5 Å². The van der Waals surface area contributed by atoms with Crippen LogP contribution in [0, 0.1) is 0 Å². The van der Waals surface area contributed by atoms with Crippen LogP contribution in [0.15, 0.2) is 173 Å². The van der Waals surface area contributed by atoms with E-state index in [0.29, 0.717) is 0 Å². The number of fused-ring (bicyclic) bond motifs is 9. The molecule has 3 nitrogen and oxygen atoms in total. The van der Waals surface area contributed by atoms with Gasteiger partial charge in [0.25, 0.3) is 0 Å². The molecule has 0 saturated carbocycles. The normalized spacial score (nSPS) is 11.8. The van der Waals surface area contributed by atoms with Crippen LogP contribution < -0.4 is 4.90 Å². The summed E-state index contributed by atoms with van der Waals surface area (Å²) in [7, 11) is 0. The number of hydrogen-bond donors (Lipinski definition) is 0. The Bertz CT molecular complexity index is 2800. The van der Waals surface area contributed by atoms with Crippen LogP contribution in [0.1, 0.15) is 0 Å². The molecule has 2 aromatic heterocycles. The highest BCUT2D eigenvalue weighted by atomic mass is 16.3. The van der Waals surface area contributed by atoms with E-state index in [9.17, 15) is 0 Å². The number of anilines is 3. The molecular weight excluding hydrogens is 574 g/mol. The molecule has 0 bridgehead atoms. The minimum absolute atomic E-state index is 0.877. The Labute approximate surface area is 270 Å². The largest absolute Gasteiger partial charge is 0.456 e. The lowest BCUT2D eigenvalue weighted by molar-refractivity contribution is 0.669. The average Bonchev–Trinajstić information content (AvgIpc) is 3.70. The third-order valence-electron chi connectivity index (χ3n) is 9.45. The van der Waals surface area contributed by atoms with Gasteiger partial charge in [-0.05, 0) is 87.9 Å². The fourth-order valence-corrected chi connectivity index (χ4v) is 7.20. The van der Waals surface area contributed by atoms with Crippen LogP contribution in [0.3, 0.4) is 0 Å². The molecule has 0 spiro atoms. The molecule has 10 rings (SSSR count). The van der Waals surface area contributed by atoms with Crippen LogP contribution in [0.4, 0.5) is 17.1 Å². The van der Waals surface area contributed by atoms with Crippen LogP contribution in [0.5, 0.6) is 0 Å². The van der Waals surface area contributed by atoms with Gasteiger partial charge < -0.3 is 13.7 Å². The fourth-order valence-electron chi connectivity index (χ4n) is 7.20. The van der Waals surface area contributed by atoms with Gasteiger partial charge in [-0.3, -0.25) is 0 Å². The summed E-state index contributed by atoms with van der Waals surface area (Å²) < 4.78 is 12.7. The van der Waals surface area contributed by atoms with Gasteiger partial charge in [-0.1, -0.05) is 103 Å². The van der Waals surface area contributed by atoms with E-state index in [0.717, 1.165) is 66.3 Å². The summed E-state index contributed by atoms with van der Waals surface area (Å²) in [4.78, 5) is 2.33. The van der Waals surface area contributed by atoms with Gasteiger partial charge in [-0.25, -0.2) is 0 Å². The Morgan fingerprint density at radius 1 is 0.340 bits per heavy atom. The lowest BCUT2D eigenvalue weighted by atomic mass is 9.98. The third-order valence-corrected chi connectivity index (χ3v) is 9.45. The molecule has 0 fully saturated rings. The summed E-state index contributed by atoms with van der Waals surface area (Å²) in [6.45, 7) is 0. The van der Waals surface area contributed by atoms with Crippen molar-refractivity contribution in [3.63, 3.8) is 0 Å². The number of benzene rings is 8. The maximum atomic E-state index is 6.48. The zero-order valence-corrected chi connectivity index (χ0v) is 25.4. The second-order valence-corrected chi connectivity index (χ2v) is 12.1. The highest BCUT2D eigenvalue weighted by Crippen LogP contribution is 2.42. The van der Waals surface area contributed by atoms with Crippen molar-refractivity contribution in [3.8, 4) is 11.1 Å². The molecule has 0 radical (unpaired) electrons. The van der Waals surface area contributed by atoms with E-state index in [4.69, 9.17) is 8.83 Å². The first kappa shape index (κ1) is 26.0. The highest BCUT2D eigenvalue weighted by Gasteiger charge is 2.18. The minimum Gasteiger partial charge on any atom is -0.456 e. The summed E-state index contributed by atoms with van der Waals surface area (Å²) >= 11 is 0. The summed E-state index contributed by atoms with van der Waals surface area (Å²) in [6.07, 6.45) is 0. The van der Waals surface area contributed by atoms with Crippen LogP contribution in [-0.4, -0.2) is 0 Å². The molecule has 0 N–H and O–H groups in total. The number of hydrogen-bond acceptors (Lipinski definition) is 3. The Morgan fingerprint density at radius 2 is 0.915 bits per heavy atom. The Kier molecular flexibility index (Phi) is 5.57. The van der Waals surface area contributed by atoms with Gasteiger partial charge in [0.05, 0.1) is 0 Å². The van der Waals surface area contributed by atoms with Crippen molar-refractivity contribution < 1.29 is 8.83 Å².